The van der Waals surface area contributed by atoms with E-state index < -0.39 is 24.1 Å². The number of pyridine rings is 1. The molecule has 102 valence electrons. The van der Waals surface area contributed by atoms with Crippen LogP contribution in [0.3, 0.4) is 0 Å². The number of rotatable bonds is 5. The number of primary amides is 1. The normalized spacial score (nSPS) is 9.79. The summed E-state index contributed by atoms with van der Waals surface area (Å²) in [7, 11) is 0. The summed E-state index contributed by atoms with van der Waals surface area (Å²) in [6, 6.07) is 2.90. The van der Waals surface area contributed by atoms with Crippen molar-refractivity contribution in [3.63, 3.8) is 0 Å². The van der Waals surface area contributed by atoms with Crippen LogP contribution in [0.4, 0.5) is 5.69 Å². The zero-order valence-corrected chi connectivity index (χ0v) is 11.1. The van der Waals surface area contributed by atoms with Gasteiger partial charge in [0.25, 0.3) is 0 Å². The number of nitrogens with two attached hydrogens (primary N) is 1. The predicted octanol–water partition coefficient (Wildman–Crippen LogP) is 0.318. The first-order valence-electron chi connectivity index (χ1n) is 5.05. The van der Waals surface area contributed by atoms with Crippen LogP contribution in [0.5, 0.6) is 0 Å². The number of halogens is 2. The van der Waals surface area contributed by atoms with Crippen molar-refractivity contribution in [3.8, 4) is 0 Å². The standard InChI is InChI=1S/C10H10Cl2N4O3/c11-6-2-1-5(10(12)16-6)15-9(19)3-8(18)14-4-7(13)17/h1-2H,3-4H2,(H2,13,17)(H,14,18)(H,15,19). The van der Waals surface area contributed by atoms with Crippen molar-refractivity contribution in [2.24, 2.45) is 5.73 Å². The molecule has 0 aliphatic rings. The molecule has 0 atom stereocenters. The molecule has 0 aromatic carbocycles. The summed E-state index contributed by atoms with van der Waals surface area (Å²) in [6.45, 7) is -0.324. The second-order valence-electron chi connectivity index (χ2n) is 3.44. The maximum Gasteiger partial charge on any atom is 0.236 e. The minimum Gasteiger partial charge on any atom is -0.368 e. The van der Waals surface area contributed by atoms with Crippen LogP contribution in [0.15, 0.2) is 12.1 Å². The lowest BCUT2D eigenvalue weighted by atomic mass is 10.3. The molecule has 0 unspecified atom stereocenters. The van der Waals surface area contributed by atoms with Crippen LogP contribution < -0.4 is 16.4 Å². The minimum atomic E-state index is -0.696. The fraction of sp³-hybridized carbons (Fsp3) is 0.200. The Balaban J connectivity index is 2.51. The molecular weight excluding hydrogens is 295 g/mol. The minimum absolute atomic E-state index is 0.0124. The predicted molar refractivity (Wildman–Crippen MR) is 69.7 cm³/mol. The first-order chi connectivity index (χ1) is 8.88. The highest BCUT2D eigenvalue weighted by Gasteiger charge is 2.12. The first kappa shape index (κ1) is 15.2. The van der Waals surface area contributed by atoms with Crippen LogP contribution >= 0.6 is 23.2 Å². The Morgan fingerprint density at radius 2 is 1.89 bits per heavy atom. The number of nitrogens with one attached hydrogen (secondary N) is 2. The third-order valence-electron chi connectivity index (χ3n) is 1.87. The fourth-order valence-corrected chi connectivity index (χ4v) is 1.49. The lowest BCUT2D eigenvalue weighted by Gasteiger charge is -2.06. The highest BCUT2D eigenvalue weighted by atomic mass is 35.5. The zero-order chi connectivity index (χ0) is 14.4. The van der Waals surface area contributed by atoms with Crippen molar-refractivity contribution in [2.75, 3.05) is 11.9 Å². The van der Waals surface area contributed by atoms with E-state index in [-0.39, 0.29) is 22.5 Å². The van der Waals surface area contributed by atoms with Gasteiger partial charge < -0.3 is 16.4 Å². The maximum atomic E-state index is 11.5. The van der Waals surface area contributed by atoms with E-state index in [4.69, 9.17) is 28.9 Å². The molecule has 1 aromatic heterocycles. The number of aromatic nitrogens is 1. The Bertz CT molecular complexity index is 521. The van der Waals surface area contributed by atoms with Crippen LogP contribution in [0, 0.1) is 0 Å². The highest BCUT2D eigenvalue weighted by Crippen LogP contribution is 2.21. The number of anilines is 1. The molecular formula is C10H10Cl2N4O3. The van der Waals surface area contributed by atoms with Crippen molar-refractivity contribution >= 4 is 46.6 Å². The molecule has 1 heterocycles. The van der Waals surface area contributed by atoms with E-state index in [1.807, 2.05) is 0 Å². The SMILES string of the molecule is NC(=O)CNC(=O)CC(=O)Nc1ccc(Cl)nc1Cl. The topological polar surface area (TPSA) is 114 Å². The quantitative estimate of drug-likeness (QED) is 0.537. The van der Waals surface area contributed by atoms with E-state index in [0.29, 0.717) is 0 Å². The Kier molecular flexibility index (Phi) is 5.53. The van der Waals surface area contributed by atoms with Gasteiger partial charge in [0.2, 0.25) is 17.7 Å². The van der Waals surface area contributed by atoms with Crippen LogP contribution in [0.1, 0.15) is 6.42 Å². The largest absolute Gasteiger partial charge is 0.368 e. The summed E-state index contributed by atoms with van der Waals surface area (Å²) >= 11 is 11.3. The number of nitrogens with zero attached hydrogens (tertiary/aromatic N) is 1. The molecule has 0 spiro atoms. The summed E-state index contributed by atoms with van der Waals surface area (Å²) in [5.74, 6) is -1.93. The van der Waals surface area contributed by atoms with Crippen LogP contribution in [-0.2, 0) is 14.4 Å². The Hall–Kier alpha value is -1.86. The van der Waals surface area contributed by atoms with Gasteiger partial charge in [0, 0.05) is 0 Å². The summed E-state index contributed by atoms with van der Waals surface area (Å²) in [5.41, 5.74) is 5.07. The van der Waals surface area contributed by atoms with E-state index in [2.05, 4.69) is 15.6 Å². The molecule has 4 N–H and O–H groups in total. The number of carbonyl (C=O) groups is 3. The zero-order valence-electron chi connectivity index (χ0n) is 9.57. The Labute approximate surface area is 118 Å². The summed E-state index contributed by atoms with van der Waals surface area (Å²) in [5, 5.41) is 4.76. The molecule has 0 fully saturated rings. The van der Waals surface area contributed by atoms with Gasteiger partial charge in [0.1, 0.15) is 11.6 Å². The number of carbonyl (C=O) groups excluding carboxylic acids is 3. The third-order valence-corrected chi connectivity index (χ3v) is 2.37. The van der Waals surface area contributed by atoms with E-state index in [1.54, 1.807) is 0 Å². The molecule has 0 aliphatic heterocycles. The smallest absolute Gasteiger partial charge is 0.236 e. The summed E-state index contributed by atoms with van der Waals surface area (Å²) in [4.78, 5) is 36.9. The Morgan fingerprint density at radius 3 is 2.47 bits per heavy atom. The molecule has 1 aromatic rings. The Morgan fingerprint density at radius 1 is 1.21 bits per heavy atom. The summed E-state index contributed by atoms with van der Waals surface area (Å²) in [6.07, 6.45) is -0.466. The number of amides is 3. The number of hydrogen-bond acceptors (Lipinski definition) is 4. The molecule has 19 heavy (non-hydrogen) atoms. The van der Waals surface area contributed by atoms with Crippen molar-refractivity contribution < 1.29 is 14.4 Å². The molecule has 0 saturated heterocycles. The van der Waals surface area contributed by atoms with E-state index >= 15 is 0 Å². The van der Waals surface area contributed by atoms with Crippen LogP contribution in [0.2, 0.25) is 10.3 Å². The molecule has 0 aliphatic carbocycles. The average Bonchev–Trinajstić information content (AvgIpc) is 2.30. The second-order valence-corrected chi connectivity index (χ2v) is 4.19. The molecule has 1 rings (SSSR count). The molecule has 0 bridgehead atoms. The van der Waals surface area contributed by atoms with E-state index in [0.717, 1.165) is 0 Å². The summed E-state index contributed by atoms with van der Waals surface area (Å²) < 4.78 is 0. The molecule has 0 saturated carbocycles. The van der Waals surface area contributed by atoms with Crippen molar-refractivity contribution in [3.05, 3.63) is 22.4 Å². The van der Waals surface area contributed by atoms with Gasteiger partial charge in [-0.1, -0.05) is 23.2 Å². The second kappa shape index (κ2) is 6.91. The van der Waals surface area contributed by atoms with E-state index in [9.17, 15) is 14.4 Å². The molecule has 9 heteroatoms. The highest BCUT2D eigenvalue weighted by molar-refractivity contribution is 6.34. The van der Waals surface area contributed by atoms with Gasteiger partial charge in [0.15, 0.2) is 5.15 Å². The van der Waals surface area contributed by atoms with Gasteiger partial charge in [-0.2, -0.15) is 0 Å². The molecule has 7 nitrogen and oxygen atoms in total. The lowest BCUT2D eigenvalue weighted by Crippen LogP contribution is -2.35. The number of hydrogen-bond donors (Lipinski definition) is 3. The van der Waals surface area contributed by atoms with Crippen molar-refractivity contribution in [1.82, 2.24) is 10.3 Å². The van der Waals surface area contributed by atoms with Crippen molar-refractivity contribution in [1.29, 1.82) is 0 Å². The van der Waals surface area contributed by atoms with Crippen LogP contribution in [-0.4, -0.2) is 29.3 Å². The molecule has 0 radical (unpaired) electrons. The average molecular weight is 305 g/mol. The molecule has 3 amide bonds. The van der Waals surface area contributed by atoms with Gasteiger partial charge in [-0.3, -0.25) is 14.4 Å². The third kappa shape index (κ3) is 5.54. The monoisotopic (exact) mass is 304 g/mol. The van der Waals surface area contributed by atoms with Crippen LogP contribution in [0.25, 0.3) is 0 Å². The van der Waals surface area contributed by atoms with Gasteiger partial charge in [-0.05, 0) is 12.1 Å². The van der Waals surface area contributed by atoms with Gasteiger partial charge >= 0.3 is 0 Å². The maximum absolute atomic E-state index is 11.5. The first-order valence-corrected chi connectivity index (χ1v) is 5.81. The lowest BCUT2D eigenvalue weighted by molar-refractivity contribution is -0.128. The van der Waals surface area contributed by atoms with Gasteiger partial charge in [0.05, 0.1) is 12.2 Å². The van der Waals surface area contributed by atoms with E-state index in [1.165, 1.54) is 12.1 Å². The van der Waals surface area contributed by atoms with Gasteiger partial charge in [-0.25, -0.2) is 4.98 Å². The fourth-order valence-electron chi connectivity index (χ4n) is 1.09. The van der Waals surface area contributed by atoms with Gasteiger partial charge in [-0.15, -0.1) is 0 Å². The van der Waals surface area contributed by atoms with Crippen molar-refractivity contribution in [2.45, 2.75) is 6.42 Å².